The minimum Gasteiger partial charge on any atom is -0.484 e. The van der Waals surface area contributed by atoms with Crippen molar-refractivity contribution < 1.29 is 18.7 Å². The fourth-order valence-corrected chi connectivity index (χ4v) is 3.79. The average Bonchev–Trinajstić information content (AvgIpc) is 3.48. The van der Waals surface area contributed by atoms with E-state index in [4.69, 9.17) is 9.15 Å². The summed E-state index contributed by atoms with van der Waals surface area (Å²) in [6.07, 6.45) is 8.41. The number of nitrogens with one attached hydrogen (secondary N) is 2. The second-order valence-electron chi connectivity index (χ2n) is 7.81. The molecule has 0 aliphatic heterocycles. The number of hydrogen-bond donors (Lipinski definition) is 2. The lowest BCUT2D eigenvalue weighted by atomic mass is 9.93. The van der Waals surface area contributed by atoms with Gasteiger partial charge in [0, 0.05) is 43.0 Å². The Labute approximate surface area is 191 Å². The summed E-state index contributed by atoms with van der Waals surface area (Å²) in [5, 5.41) is 7.23. The van der Waals surface area contributed by atoms with Crippen molar-refractivity contribution in [1.29, 1.82) is 0 Å². The van der Waals surface area contributed by atoms with Crippen LogP contribution in [0.25, 0.3) is 0 Å². The van der Waals surface area contributed by atoms with E-state index in [1.54, 1.807) is 24.7 Å². The molecule has 33 heavy (non-hydrogen) atoms. The molecule has 2 aromatic heterocycles. The van der Waals surface area contributed by atoms with Crippen LogP contribution in [0.3, 0.4) is 0 Å². The molecule has 0 unspecified atom stereocenters. The number of aromatic nitrogens is 2. The molecule has 0 saturated heterocycles. The van der Waals surface area contributed by atoms with Crippen LogP contribution in [0.15, 0.2) is 58.6 Å². The first-order chi connectivity index (χ1) is 16.1. The summed E-state index contributed by atoms with van der Waals surface area (Å²) >= 11 is 0. The Morgan fingerprint density at radius 1 is 1.24 bits per heavy atom. The highest BCUT2D eigenvalue weighted by Gasteiger charge is 2.28. The number of carbonyl (C=O) groups is 2. The Morgan fingerprint density at radius 2 is 2.09 bits per heavy atom. The summed E-state index contributed by atoms with van der Waals surface area (Å²) in [6.45, 7) is 3.02. The predicted molar refractivity (Wildman–Crippen MR) is 122 cm³/mol. The van der Waals surface area contributed by atoms with Gasteiger partial charge in [-0.1, -0.05) is 18.2 Å². The van der Waals surface area contributed by atoms with Gasteiger partial charge in [-0.05, 0) is 38.3 Å². The van der Waals surface area contributed by atoms with Gasteiger partial charge in [-0.3, -0.25) is 9.59 Å². The highest BCUT2D eigenvalue weighted by Crippen LogP contribution is 2.29. The molecule has 9 heteroatoms. The second-order valence-corrected chi connectivity index (χ2v) is 7.81. The van der Waals surface area contributed by atoms with E-state index < -0.39 is 0 Å². The molecule has 3 aromatic rings. The fraction of sp³-hybridized carbons (Fsp3) is 0.333. The zero-order valence-corrected chi connectivity index (χ0v) is 18.5. The summed E-state index contributed by atoms with van der Waals surface area (Å²) in [5.41, 5.74) is 4.83. The molecule has 4 rings (SSSR count). The van der Waals surface area contributed by atoms with Crippen LogP contribution in [0, 0.1) is 6.92 Å². The van der Waals surface area contributed by atoms with Crippen LogP contribution < -0.4 is 15.5 Å². The zero-order chi connectivity index (χ0) is 23.0. The average molecular weight is 450 g/mol. The second kappa shape index (κ2) is 10.6. The van der Waals surface area contributed by atoms with E-state index in [1.165, 1.54) is 0 Å². The molecule has 172 valence electrons. The van der Waals surface area contributed by atoms with Crippen LogP contribution >= 0.6 is 0 Å². The number of para-hydroxylation sites is 1. The number of imidazole rings is 1. The third-order valence-corrected chi connectivity index (χ3v) is 5.40. The third-order valence-electron chi connectivity index (χ3n) is 5.40. The standard InChI is InChI=1S/C24H27N5O4/c1-17-22-19(27-28-21(30)15-32-18-7-3-2-4-8-18)9-5-10-20(22)33-23(17)24(31)26-11-6-13-29-14-12-25-16-29/h2-4,7-8,12,14,16H,5-6,9-11,13,15H2,1H3,(H,26,31)(H,28,30)/b27-19+. The summed E-state index contributed by atoms with van der Waals surface area (Å²) in [4.78, 5) is 28.9. The van der Waals surface area contributed by atoms with Crippen LogP contribution in [0.5, 0.6) is 5.75 Å². The maximum Gasteiger partial charge on any atom is 0.287 e. The molecule has 2 heterocycles. The number of furan rings is 1. The maximum atomic E-state index is 12.7. The lowest BCUT2D eigenvalue weighted by Crippen LogP contribution is -2.27. The topological polar surface area (TPSA) is 111 Å². The van der Waals surface area contributed by atoms with E-state index >= 15 is 0 Å². The molecule has 2 N–H and O–H groups in total. The molecule has 0 radical (unpaired) electrons. The summed E-state index contributed by atoms with van der Waals surface area (Å²) in [7, 11) is 0. The number of nitrogens with zero attached hydrogens (tertiary/aromatic N) is 3. The van der Waals surface area contributed by atoms with Crippen LogP contribution in [0.1, 0.15) is 46.7 Å². The van der Waals surface area contributed by atoms with Crippen molar-refractivity contribution in [3.8, 4) is 5.75 Å². The summed E-state index contributed by atoms with van der Waals surface area (Å²) in [5.74, 6) is 1.06. The Hall–Kier alpha value is -3.88. The number of fused-ring (bicyclic) bond motifs is 1. The molecule has 1 aliphatic carbocycles. The van der Waals surface area contributed by atoms with E-state index in [-0.39, 0.29) is 18.4 Å². The van der Waals surface area contributed by atoms with Gasteiger partial charge in [-0.25, -0.2) is 10.4 Å². The van der Waals surface area contributed by atoms with Crippen LogP contribution in [-0.2, 0) is 17.8 Å². The van der Waals surface area contributed by atoms with Gasteiger partial charge in [0.15, 0.2) is 12.4 Å². The SMILES string of the molecule is Cc1c(C(=O)NCCCn2ccnc2)oc2c1/C(=N/NC(=O)COc1ccccc1)CCC2. The summed E-state index contributed by atoms with van der Waals surface area (Å²) in [6, 6.07) is 9.12. The van der Waals surface area contributed by atoms with Gasteiger partial charge in [0.1, 0.15) is 11.5 Å². The van der Waals surface area contributed by atoms with Gasteiger partial charge in [0.2, 0.25) is 0 Å². The first-order valence-electron chi connectivity index (χ1n) is 11.0. The normalized spacial score (nSPS) is 14.0. The predicted octanol–water partition coefficient (Wildman–Crippen LogP) is 2.84. The van der Waals surface area contributed by atoms with Gasteiger partial charge in [-0.15, -0.1) is 0 Å². The monoisotopic (exact) mass is 449 g/mol. The van der Waals surface area contributed by atoms with Crippen molar-refractivity contribution in [3.05, 3.63) is 71.7 Å². The molecule has 9 nitrogen and oxygen atoms in total. The largest absolute Gasteiger partial charge is 0.484 e. The molecule has 0 saturated carbocycles. The van der Waals surface area contributed by atoms with Gasteiger partial charge in [0.25, 0.3) is 11.8 Å². The quantitative estimate of drug-likeness (QED) is 0.386. The number of amides is 2. The van der Waals surface area contributed by atoms with Crippen molar-refractivity contribution >= 4 is 17.5 Å². The smallest absolute Gasteiger partial charge is 0.287 e. The lowest BCUT2D eigenvalue weighted by molar-refractivity contribution is -0.123. The number of ether oxygens (including phenoxy) is 1. The number of rotatable bonds is 9. The number of benzene rings is 1. The molecule has 0 fully saturated rings. The van der Waals surface area contributed by atoms with Gasteiger partial charge in [-0.2, -0.15) is 5.10 Å². The molecule has 0 spiro atoms. The van der Waals surface area contributed by atoms with Crippen LogP contribution in [-0.4, -0.2) is 40.2 Å². The Kier molecular flexibility index (Phi) is 7.19. The van der Waals surface area contributed by atoms with Gasteiger partial charge < -0.3 is 19.0 Å². The highest BCUT2D eigenvalue weighted by atomic mass is 16.5. The maximum absolute atomic E-state index is 12.7. The highest BCUT2D eigenvalue weighted by molar-refractivity contribution is 6.06. The zero-order valence-electron chi connectivity index (χ0n) is 18.5. The number of hydrazone groups is 1. The van der Waals surface area contributed by atoms with E-state index in [0.717, 1.165) is 42.7 Å². The first-order valence-corrected chi connectivity index (χ1v) is 11.0. The summed E-state index contributed by atoms with van der Waals surface area (Å²) < 4.78 is 13.3. The lowest BCUT2D eigenvalue weighted by Gasteiger charge is -2.13. The molecular formula is C24H27N5O4. The van der Waals surface area contributed by atoms with Crippen LogP contribution in [0.2, 0.25) is 0 Å². The van der Waals surface area contributed by atoms with E-state index in [0.29, 0.717) is 30.2 Å². The van der Waals surface area contributed by atoms with Crippen molar-refractivity contribution in [1.82, 2.24) is 20.3 Å². The Morgan fingerprint density at radius 3 is 2.88 bits per heavy atom. The minimum absolute atomic E-state index is 0.134. The van der Waals surface area contributed by atoms with E-state index in [9.17, 15) is 9.59 Å². The van der Waals surface area contributed by atoms with E-state index in [1.807, 2.05) is 35.9 Å². The minimum atomic E-state index is -0.351. The molecule has 2 amide bonds. The molecular weight excluding hydrogens is 422 g/mol. The number of carbonyl (C=O) groups excluding carboxylic acids is 2. The van der Waals surface area contributed by atoms with Crippen molar-refractivity contribution in [3.63, 3.8) is 0 Å². The number of hydrogen-bond acceptors (Lipinski definition) is 6. The van der Waals surface area contributed by atoms with Crippen molar-refractivity contribution in [2.24, 2.45) is 5.10 Å². The first kappa shape index (κ1) is 22.3. The van der Waals surface area contributed by atoms with Gasteiger partial charge in [0.05, 0.1) is 12.0 Å². The fourth-order valence-electron chi connectivity index (χ4n) is 3.79. The van der Waals surface area contributed by atoms with Crippen molar-refractivity contribution in [2.75, 3.05) is 13.2 Å². The molecule has 0 bridgehead atoms. The molecule has 1 aromatic carbocycles. The molecule has 1 aliphatic rings. The number of aryl methyl sites for hydroxylation is 2. The molecule has 0 atom stereocenters. The Bertz CT molecular complexity index is 1120. The Balaban J connectivity index is 1.35. The van der Waals surface area contributed by atoms with Crippen LogP contribution in [0.4, 0.5) is 0 Å². The van der Waals surface area contributed by atoms with E-state index in [2.05, 4.69) is 20.8 Å². The third kappa shape index (κ3) is 5.68. The van der Waals surface area contributed by atoms with Gasteiger partial charge >= 0.3 is 0 Å². The van der Waals surface area contributed by atoms with Crippen molar-refractivity contribution in [2.45, 2.75) is 39.2 Å².